The molecule has 0 aromatic heterocycles. The zero-order chi connectivity index (χ0) is 15.4. The van der Waals surface area contributed by atoms with Crippen molar-refractivity contribution in [1.82, 2.24) is 10.6 Å². The fraction of sp³-hybridized carbons (Fsp3) is 0.867. The second-order valence-electron chi connectivity index (χ2n) is 5.49. The zero-order valence-electron chi connectivity index (χ0n) is 13.1. The van der Waals surface area contributed by atoms with E-state index in [0.29, 0.717) is 13.0 Å². The van der Waals surface area contributed by atoms with E-state index in [-0.39, 0.29) is 0 Å². The summed E-state index contributed by atoms with van der Waals surface area (Å²) in [7, 11) is 0. The van der Waals surface area contributed by atoms with E-state index in [4.69, 9.17) is 5.11 Å². The third kappa shape index (κ3) is 8.02. The largest absolute Gasteiger partial charge is 0.480 e. The van der Waals surface area contributed by atoms with Crippen molar-refractivity contribution in [3.63, 3.8) is 0 Å². The molecule has 0 saturated heterocycles. The molecule has 1 unspecified atom stereocenters. The van der Waals surface area contributed by atoms with E-state index in [1.165, 1.54) is 39.0 Å². The molecule has 0 fully saturated rings. The summed E-state index contributed by atoms with van der Waals surface area (Å²) < 4.78 is 0. The first kappa shape index (κ1) is 18.7. The van der Waals surface area contributed by atoms with Gasteiger partial charge < -0.3 is 15.7 Å². The number of carboxylic acids is 1. The number of carbonyl (C=O) groups excluding carboxylic acids is 1. The van der Waals surface area contributed by atoms with E-state index < -0.39 is 17.5 Å². The molecule has 3 N–H and O–H groups in total. The zero-order valence-corrected chi connectivity index (χ0v) is 13.1. The monoisotopic (exact) mass is 286 g/mol. The first-order valence-electron chi connectivity index (χ1n) is 7.75. The van der Waals surface area contributed by atoms with Crippen LogP contribution in [0.4, 0.5) is 4.79 Å². The summed E-state index contributed by atoms with van der Waals surface area (Å²) in [6.07, 6.45) is 8.69. The minimum absolute atomic E-state index is 0.354. The Morgan fingerprint density at radius 1 is 1.00 bits per heavy atom. The number of nitrogens with one attached hydrogen (secondary N) is 2. The highest BCUT2D eigenvalue weighted by Gasteiger charge is 2.32. The molecule has 118 valence electrons. The molecule has 20 heavy (non-hydrogen) atoms. The lowest BCUT2D eigenvalue weighted by Gasteiger charge is -2.24. The molecule has 0 aliphatic rings. The Morgan fingerprint density at radius 2 is 1.55 bits per heavy atom. The van der Waals surface area contributed by atoms with Crippen LogP contribution in [0.15, 0.2) is 0 Å². The van der Waals surface area contributed by atoms with Crippen molar-refractivity contribution in [3.05, 3.63) is 0 Å². The third-order valence-corrected chi connectivity index (χ3v) is 3.63. The topological polar surface area (TPSA) is 78.4 Å². The number of aliphatic carboxylic acids is 1. The Kier molecular flexibility index (Phi) is 9.86. The predicted molar refractivity (Wildman–Crippen MR) is 80.9 cm³/mol. The molecule has 0 aliphatic heterocycles. The number of unbranched alkanes of at least 4 members (excludes halogenated alkanes) is 6. The van der Waals surface area contributed by atoms with Gasteiger partial charge in [-0.25, -0.2) is 9.59 Å². The highest BCUT2D eigenvalue weighted by molar-refractivity contribution is 5.85. The SMILES string of the molecule is CCCCCCCCCNC(=O)NC(C)(CC)C(=O)O. The molecule has 0 aliphatic carbocycles. The average Bonchev–Trinajstić information content (AvgIpc) is 2.41. The van der Waals surface area contributed by atoms with E-state index >= 15 is 0 Å². The van der Waals surface area contributed by atoms with Gasteiger partial charge in [0.05, 0.1) is 0 Å². The number of carboxylic acid groups (broad SMARTS) is 1. The number of rotatable bonds is 11. The van der Waals surface area contributed by atoms with E-state index in [0.717, 1.165) is 12.8 Å². The van der Waals surface area contributed by atoms with Crippen LogP contribution in [-0.4, -0.2) is 29.2 Å². The van der Waals surface area contributed by atoms with Gasteiger partial charge in [0.25, 0.3) is 0 Å². The molecular weight excluding hydrogens is 256 g/mol. The fourth-order valence-electron chi connectivity index (χ4n) is 1.87. The first-order valence-corrected chi connectivity index (χ1v) is 7.75. The molecule has 0 radical (unpaired) electrons. The third-order valence-electron chi connectivity index (χ3n) is 3.63. The van der Waals surface area contributed by atoms with Gasteiger partial charge in [0.15, 0.2) is 0 Å². The molecule has 0 spiro atoms. The molecule has 2 amide bonds. The second kappa shape index (κ2) is 10.5. The lowest BCUT2D eigenvalue weighted by Crippen LogP contribution is -2.54. The molecule has 0 aromatic rings. The van der Waals surface area contributed by atoms with Gasteiger partial charge >= 0.3 is 12.0 Å². The summed E-state index contributed by atoms with van der Waals surface area (Å²) in [5.74, 6) is -1.01. The van der Waals surface area contributed by atoms with E-state index in [2.05, 4.69) is 17.6 Å². The summed E-state index contributed by atoms with van der Waals surface area (Å²) in [5.41, 5.74) is -1.19. The van der Waals surface area contributed by atoms with Crippen LogP contribution >= 0.6 is 0 Å². The smallest absolute Gasteiger partial charge is 0.329 e. The summed E-state index contributed by atoms with van der Waals surface area (Å²) in [5, 5.41) is 14.3. The van der Waals surface area contributed by atoms with Crippen LogP contribution in [0.2, 0.25) is 0 Å². The van der Waals surface area contributed by atoms with E-state index in [9.17, 15) is 9.59 Å². The van der Waals surface area contributed by atoms with Crippen LogP contribution in [0.1, 0.15) is 72.1 Å². The van der Waals surface area contributed by atoms with Gasteiger partial charge in [0, 0.05) is 6.54 Å². The van der Waals surface area contributed by atoms with E-state index in [1.54, 1.807) is 6.92 Å². The Balaban J connectivity index is 3.66. The summed E-state index contributed by atoms with van der Waals surface area (Å²) in [4.78, 5) is 22.7. The molecule has 5 nitrogen and oxygen atoms in total. The van der Waals surface area contributed by atoms with Crippen LogP contribution in [0, 0.1) is 0 Å². The van der Waals surface area contributed by atoms with Crippen molar-refractivity contribution in [1.29, 1.82) is 0 Å². The lowest BCUT2D eigenvalue weighted by molar-refractivity contribution is -0.143. The molecular formula is C15H30N2O3. The number of urea groups is 1. The van der Waals surface area contributed by atoms with Crippen LogP contribution < -0.4 is 10.6 Å². The fourth-order valence-corrected chi connectivity index (χ4v) is 1.87. The van der Waals surface area contributed by atoms with Crippen molar-refractivity contribution in [2.75, 3.05) is 6.54 Å². The van der Waals surface area contributed by atoms with Gasteiger partial charge in [0.1, 0.15) is 5.54 Å². The van der Waals surface area contributed by atoms with Crippen molar-refractivity contribution >= 4 is 12.0 Å². The molecule has 0 heterocycles. The van der Waals surface area contributed by atoms with Crippen LogP contribution in [0.25, 0.3) is 0 Å². The average molecular weight is 286 g/mol. The van der Waals surface area contributed by atoms with Gasteiger partial charge in [-0.05, 0) is 19.8 Å². The standard InChI is InChI=1S/C15H30N2O3/c1-4-6-7-8-9-10-11-12-16-14(20)17-15(3,5-2)13(18)19/h4-12H2,1-3H3,(H,18,19)(H2,16,17,20). The maximum absolute atomic E-state index is 11.6. The molecule has 0 saturated carbocycles. The van der Waals surface area contributed by atoms with Gasteiger partial charge in [-0.15, -0.1) is 0 Å². The van der Waals surface area contributed by atoms with Crippen molar-refractivity contribution < 1.29 is 14.7 Å². The van der Waals surface area contributed by atoms with Gasteiger partial charge in [-0.2, -0.15) is 0 Å². The van der Waals surface area contributed by atoms with Gasteiger partial charge in [-0.1, -0.05) is 52.4 Å². The molecule has 5 heteroatoms. The quantitative estimate of drug-likeness (QED) is 0.510. The lowest BCUT2D eigenvalue weighted by atomic mass is 10.00. The van der Waals surface area contributed by atoms with Crippen molar-refractivity contribution in [3.8, 4) is 0 Å². The molecule has 0 rings (SSSR count). The normalized spacial score (nSPS) is 13.6. The maximum atomic E-state index is 11.6. The van der Waals surface area contributed by atoms with Crippen LogP contribution in [-0.2, 0) is 4.79 Å². The summed E-state index contributed by atoms with van der Waals surface area (Å²) in [6.45, 7) is 6.05. The molecule has 0 bridgehead atoms. The Hall–Kier alpha value is -1.26. The Morgan fingerprint density at radius 3 is 2.05 bits per heavy atom. The highest BCUT2D eigenvalue weighted by Crippen LogP contribution is 2.09. The molecule has 0 aromatic carbocycles. The van der Waals surface area contributed by atoms with Gasteiger partial charge in [-0.3, -0.25) is 0 Å². The molecule has 1 atom stereocenters. The number of amides is 2. The predicted octanol–water partition coefficient (Wildman–Crippen LogP) is 3.29. The van der Waals surface area contributed by atoms with E-state index in [1.807, 2.05) is 0 Å². The minimum atomic E-state index is -1.19. The first-order chi connectivity index (χ1) is 9.46. The Bertz CT molecular complexity index is 295. The number of hydrogen-bond acceptors (Lipinski definition) is 2. The maximum Gasteiger partial charge on any atom is 0.329 e. The Labute approximate surface area is 122 Å². The number of hydrogen-bond donors (Lipinski definition) is 3. The summed E-state index contributed by atoms with van der Waals surface area (Å²) in [6, 6.07) is -0.400. The minimum Gasteiger partial charge on any atom is -0.480 e. The van der Waals surface area contributed by atoms with Crippen LogP contribution in [0.5, 0.6) is 0 Å². The van der Waals surface area contributed by atoms with Gasteiger partial charge in [0.2, 0.25) is 0 Å². The van der Waals surface area contributed by atoms with Crippen molar-refractivity contribution in [2.45, 2.75) is 77.7 Å². The summed E-state index contributed by atoms with van der Waals surface area (Å²) >= 11 is 0. The number of carbonyl (C=O) groups is 2. The highest BCUT2D eigenvalue weighted by atomic mass is 16.4. The van der Waals surface area contributed by atoms with Crippen molar-refractivity contribution in [2.24, 2.45) is 0 Å². The van der Waals surface area contributed by atoms with Crippen LogP contribution in [0.3, 0.4) is 0 Å². The second-order valence-corrected chi connectivity index (χ2v) is 5.49.